The quantitative estimate of drug-likeness (QED) is 0.735. The molecule has 2 fully saturated rings. The highest BCUT2D eigenvalue weighted by Crippen LogP contribution is 2.24. The van der Waals surface area contributed by atoms with Crippen LogP contribution in [0.2, 0.25) is 0 Å². The fraction of sp³-hybridized carbons (Fsp3) is 0.524. The molecule has 0 spiro atoms. The highest BCUT2D eigenvalue weighted by Gasteiger charge is 2.27. The van der Waals surface area contributed by atoms with Crippen LogP contribution in [-0.2, 0) is 11.2 Å². The number of nitrogens with one attached hydrogen (secondary N) is 1. The third-order valence-electron chi connectivity index (χ3n) is 6.12. The van der Waals surface area contributed by atoms with E-state index in [1.165, 1.54) is 0 Å². The molecule has 2 aromatic heterocycles. The van der Waals surface area contributed by atoms with Crippen molar-refractivity contribution in [1.29, 1.82) is 0 Å². The van der Waals surface area contributed by atoms with Gasteiger partial charge in [-0.3, -0.25) is 4.79 Å². The van der Waals surface area contributed by atoms with Gasteiger partial charge in [0, 0.05) is 32.7 Å². The van der Waals surface area contributed by atoms with E-state index in [0.717, 1.165) is 75.3 Å². The molecule has 1 amide bonds. The Morgan fingerprint density at radius 1 is 1.14 bits per heavy atom. The van der Waals surface area contributed by atoms with Crippen LogP contribution in [-0.4, -0.2) is 62.1 Å². The number of ether oxygens (including phenoxy) is 1. The minimum Gasteiger partial charge on any atom is -0.381 e. The van der Waals surface area contributed by atoms with Gasteiger partial charge >= 0.3 is 0 Å². The van der Waals surface area contributed by atoms with Gasteiger partial charge in [0.15, 0.2) is 5.69 Å². The third-order valence-corrected chi connectivity index (χ3v) is 6.12. The molecule has 0 bridgehead atoms. The van der Waals surface area contributed by atoms with E-state index in [2.05, 4.69) is 26.3 Å². The number of fused-ring (bicyclic) bond motifs is 1. The molecule has 8 heteroatoms. The summed E-state index contributed by atoms with van der Waals surface area (Å²) in [6.07, 6.45) is 6.54. The average Bonchev–Trinajstić information content (AvgIpc) is 3.41. The molecule has 152 valence electrons. The van der Waals surface area contributed by atoms with E-state index in [4.69, 9.17) is 4.74 Å². The zero-order valence-corrected chi connectivity index (χ0v) is 16.5. The van der Waals surface area contributed by atoms with Crippen LogP contribution in [0.5, 0.6) is 0 Å². The van der Waals surface area contributed by atoms with E-state index in [-0.39, 0.29) is 11.9 Å². The average molecular weight is 394 g/mol. The first-order chi connectivity index (χ1) is 14.3. The molecule has 0 atom stereocenters. The predicted octanol–water partition coefficient (Wildman–Crippen LogP) is 2.60. The molecule has 8 nitrogen and oxygen atoms in total. The number of amides is 1. The van der Waals surface area contributed by atoms with Crippen LogP contribution in [0.4, 0.5) is 0 Å². The van der Waals surface area contributed by atoms with Crippen molar-refractivity contribution in [3.05, 3.63) is 42.0 Å². The lowest BCUT2D eigenvalue weighted by atomic mass is 9.93. The monoisotopic (exact) mass is 394 g/mol. The molecular formula is C21H26N6O2. The summed E-state index contributed by atoms with van der Waals surface area (Å²) in [6.45, 7) is 3.00. The molecule has 1 aromatic carbocycles. The van der Waals surface area contributed by atoms with Gasteiger partial charge in [-0.05, 0) is 43.7 Å². The summed E-state index contributed by atoms with van der Waals surface area (Å²) < 4.78 is 7.23. The van der Waals surface area contributed by atoms with Crippen LogP contribution < -0.4 is 0 Å². The fourth-order valence-corrected chi connectivity index (χ4v) is 4.38. The van der Waals surface area contributed by atoms with Gasteiger partial charge in [-0.15, -0.1) is 5.10 Å². The van der Waals surface area contributed by atoms with E-state index in [1.807, 2.05) is 27.8 Å². The molecule has 0 unspecified atom stereocenters. The number of carbonyl (C=O) groups is 1. The Labute approximate surface area is 169 Å². The van der Waals surface area contributed by atoms with Crippen molar-refractivity contribution in [2.45, 2.75) is 38.1 Å². The molecule has 2 aliphatic heterocycles. The minimum atomic E-state index is -0.00880. The number of carbonyl (C=O) groups excluding carboxylic acids is 1. The smallest absolute Gasteiger partial charge is 0.276 e. The number of para-hydroxylation sites is 2. The summed E-state index contributed by atoms with van der Waals surface area (Å²) in [5.41, 5.74) is 2.55. The van der Waals surface area contributed by atoms with Crippen molar-refractivity contribution in [2.24, 2.45) is 5.92 Å². The third kappa shape index (κ3) is 3.89. The lowest BCUT2D eigenvalue weighted by Gasteiger charge is -2.31. The van der Waals surface area contributed by atoms with Crippen LogP contribution >= 0.6 is 0 Å². The molecule has 3 aromatic rings. The van der Waals surface area contributed by atoms with Gasteiger partial charge in [-0.25, -0.2) is 9.67 Å². The number of aromatic nitrogens is 5. The van der Waals surface area contributed by atoms with Gasteiger partial charge in [0.1, 0.15) is 5.82 Å². The molecule has 0 radical (unpaired) electrons. The molecule has 5 rings (SSSR count). The number of imidazole rings is 1. The Hall–Kier alpha value is -2.74. The van der Waals surface area contributed by atoms with E-state index < -0.39 is 0 Å². The van der Waals surface area contributed by atoms with Crippen LogP contribution in [0.25, 0.3) is 11.0 Å². The molecule has 2 saturated heterocycles. The van der Waals surface area contributed by atoms with E-state index in [0.29, 0.717) is 11.6 Å². The molecule has 29 heavy (non-hydrogen) atoms. The summed E-state index contributed by atoms with van der Waals surface area (Å²) >= 11 is 0. The Balaban J connectivity index is 1.17. The summed E-state index contributed by atoms with van der Waals surface area (Å²) in [5.74, 6) is 1.57. The fourth-order valence-electron chi connectivity index (χ4n) is 4.38. The van der Waals surface area contributed by atoms with Crippen molar-refractivity contribution < 1.29 is 9.53 Å². The second-order valence-electron chi connectivity index (χ2n) is 8.07. The summed E-state index contributed by atoms with van der Waals surface area (Å²) in [7, 11) is 0. The van der Waals surface area contributed by atoms with Gasteiger partial charge in [0.2, 0.25) is 0 Å². The maximum absolute atomic E-state index is 12.8. The first-order valence-electron chi connectivity index (χ1n) is 10.5. The zero-order chi connectivity index (χ0) is 19.6. The van der Waals surface area contributed by atoms with Crippen LogP contribution in [0, 0.1) is 5.92 Å². The Bertz CT molecular complexity index is 949. The van der Waals surface area contributed by atoms with E-state index in [9.17, 15) is 4.79 Å². The second kappa shape index (κ2) is 7.94. The summed E-state index contributed by atoms with van der Waals surface area (Å²) in [5, 5.41) is 8.34. The summed E-state index contributed by atoms with van der Waals surface area (Å²) in [4.78, 5) is 22.9. The first kappa shape index (κ1) is 18.3. The van der Waals surface area contributed by atoms with Crippen molar-refractivity contribution >= 4 is 16.9 Å². The normalized spacial score (nSPS) is 19.1. The number of benzene rings is 1. The number of hydrogen-bond donors (Lipinski definition) is 1. The predicted molar refractivity (Wildman–Crippen MR) is 108 cm³/mol. The summed E-state index contributed by atoms with van der Waals surface area (Å²) in [6, 6.07) is 8.40. The Morgan fingerprint density at radius 3 is 2.72 bits per heavy atom. The van der Waals surface area contributed by atoms with Gasteiger partial charge in [-0.2, -0.15) is 0 Å². The van der Waals surface area contributed by atoms with Crippen molar-refractivity contribution in [3.63, 3.8) is 0 Å². The van der Waals surface area contributed by atoms with E-state index >= 15 is 0 Å². The van der Waals surface area contributed by atoms with Gasteiger partial charge < -0.3 is 14.6 Å². The van der Waals surface area contributed by atoms with Crippen LogP contribution in [0.3, 0.4) is 0 Å². The topological polar surface area (TPSA) is 88.9 Å². The SMILES string of the molecule is O=C(c1cn(C2CCOCC2)nn1)N1CCC(Cc2nc3ccccc3[nH]2)CC1. The van der Waals surface area contributed by atoms with Crippen LogP contribution in [0.1, 0.15) is 48.0 Å². The zero-order valence-electron chi connectivity index (χ0n) is 16.5. The molecule has 1 N–H and O–H groups in total. The number of likely N-dealkylation sites (tertiary alicyclic amines) is 1. The number of nitrogens with zero attached hydrogens (tertiary/aromatic N) is 5. The first-order valence-corrected chi connectivity index (χ1v) is 10.5. The number of hydrogen-bond acceptors (Lipinski definition) is 5. The van der Waals surface area contributed by atoms with Gasteiger partial charge in [-0.1, -0.05) is 17.3 Å². The maximum Gasteiger partial charge on any atom is 0.276 e. The number of rotatable bonds is 4. The molecular weight excluding hydrogens is 368 g/mol. The Kier molecular flexibility index (Phi) is 5.01. The molecule has 0 aliphatic carbocycles. The largest absolute Gasteiger partial charge is 0.381 e. The molecule has 0 saturated carbocycles. The number of piperidine rings is 1. The highest BCUT2D eigenvalue weighted by molar-refractivity contribution is 5.92. The minimum absolute atomic E-state index is 0.00880. The van der Waals surface area contributed by atoms with Crippen molar-refractivity contribution in [3.8, 4) is 0 Å². The van der Waals surface area contributed by atoms with Crippen molar-refractivity contribution in [1.82, 2.24) is 29.9 Å². The van der Waals surface area contributed by atoms with Gasteiger partial charge in [0.05, 0.1) is 23.3 Å². The van der Waals surface area contributed by atoms with E-state index in [1.54, 1.807) is 6.20 Å². The maximum atomic E-state index is 12.8. The Morgan fingerprint density at radius 2 is 1.93 bits per heavy atom. The standard InChI is InChI=1S/C21H26N6O2/c28-21(19-14-27(25-24-19)16-7-11-29-12-8-16)26-9-5-15(6-10-26)13-20-22-17-3-1-2-4-18(17)23-20/h1-4,14-16H,5-13H2,(H,22,23). The molecule has 2 aliphatic rings. The van der Waals surface area contributed by atoms with Crippen molar-refractivity contribution in [2.75, 3.05) is 26.3 Å². The van der Waals surface area contributed by atoms with Gasteiger partial charge in [0.25, 0.3) is 5.91 Å². The molecule has 4 heterocycles. The lowest BCUT2D eigenvalue weighted by Crippen LogP contribution is -2.39. The highest BCUT2D eigenvalue weighted by atomic mass is 16.5. The lowest BCUT2D eigenvalue weighted by molar-refractivity contribution is 0.0656. The van der Waals surface area contributed by atoms with Crippen LogP contribution in [0.15, 0.2) is 30.5 Å². The number of H-pyrrole nitrogens is 1. The number of aromatic amines is 1. The second-order valence-corrected chi connectivity index (χ2v) is 8.07.